The molecule has 0 saturated carbocycles. The number of rotatable bonds is 5. The Morgan fingerprint density at radius 1 is 0.912 bits per heavy atom. The van der Waals surface area contributed by atoms with Gasteiger partial charge in [0.2, 0.25) is 0 Å². The molecule has 1 saturated heterocycles. The molecule has 5 rings (SSSR count). The lowest BCUT2D eigenvalue weighted by Crippen LogP contribution is -2.36. The van der Waals surface area contributed by atoms with Crippen LogP contribution in [-0.4, -0.2) is 47.1 Å². The van der Waals surface area contributed by atoms with Gasteiger partial charge in [-0.25, -0.2) is 12.8 Å². The van der Waals surface area contributed by atoms with Crippen molar-refractivity contribution in [3.05, 3.63) is 77.6 Å². The average molecular weight is 482 g/mol. The summed E-state index contributed by atoms with van der Waals surface area (Å²) in [6.07, 6.45) is 0.334. The lowest BCUT2D eigenvalue weighted by Gasteiger charge is -2.29. The van der Waals surface area contributed by atoms with Crippen molar-refractivity contribution in [3.63, 3.8) is 0 Å². The Labute approximate surface area is 197 Å². The molecule has 2 heterocycles. The van der Waals surface area contributed by atoms with Crippen molar-refractivity contribution in [1.82, 2.24) is 0 Å². The smallest absolute Gasteiger partial charge is 0.182 e. The molecule has 3 aromatic carbocycles. The van der Waals surface area contributed by atoms with Gasteiger partial charge in [-0.2, -0.15) is 0 Å². The Morgan fingerprint density at radius 3 is 2.44 bits per heavy atom. The van der Waals surface area contributed by atoms with Crippen molar-refractivity contribution in [3.8, 4) is 16.9 Å². The molecule has 0 aliphatic carbocycles. The van der Waals surface area contributed by atoms with Crippen LogP contribution in [0.4, 0.5) is 10.1 Å². The van der Waals surface area contributed by atoms with Gasteiger partial charge < -0.3 is 14.4 Å². The fraction of sp³-hybridized carbons (Fsp3) is 0.269. The first-order valence-electron chi connectivity index (χ1n) is 11.1. The predicted octanol–water partition coefficient (Wildman–Crippen LogP) is 3.81. The van der Waals surface area contributed by atoms with Crippen LogP contribution < -0.4 is 9.64 Å². The van der Waals surface area contributed by atoms with Crippen LogP contribution in [0.25, 0.3) is 11.1 Å². The van der Waals surface area contributed by atoms with Crippen molar-refractivity contribution in [2.75, 3.05) is 37.8 Å². The molecule has 0 radical (unpaired) electrons. The van der Waals surface area contributed by atoms with E-state index in [0.29, 0.717) is 44.0 Å². The van der Waals surface area contributed by atoms with Gasteiger partial charge in [0, 0.05) is 30.8 Å². The van der Waals surface area contributed by atoms with E-state index in [1.165, 1.54) is 24.3 Å². The molecule has 3 aromatic rings. The van der Waals surface area contributed by atoms with Gasteiger partial charge in [-0.05, 0) is 53.1 Å². The topological polar surface area (TPSA) is 72.9 Å². The van der Waals surface area contributed by atoms with Crippen LogP contribution in [0, 0.1) is 5.82 Å². The van der Waals surface area contributed by atoms with Crippen LogP contribution >= 0.6 is 0 Å². The summed E-state index contributed by atoms with van der Waals surface area (Å²) in [5.41, 5.74) is 3.69. The second-order valence-corrected chi connectivity index (χ2v) is 10.5. The molecule has 1 fully saturated rings. The van der Waals surface area contributed by atoms with E-state index < -0.39 is 15.7 Å². The van der Waals surface area contributed by atoms with Gasteiger partial charge in [0.25, 0.3) is 0 Å². The number of hydrogen-bond donors (Lipinski definition) is 0. The summed E-state index contributed by atoms with van der Waals surface area (Å²) in [6.45, 7) is 2.51. The number of ketones is 1. The maximum absolute atomic E-state index is 13.4. The number of halogens is 1. The standard InChI is InChI=1S/C26H24FNO5S/c27-22-5-1-18(2-6-22)17-34(30,31)25-13-21(11-23(15-25)28-7-9-32-10-8-28)19-3-4-20-12-24(29)16-33-26(20)14-19/h1-6,11,13-15H,7-10,12,16-17H2. The zero-order chi connectivity index (χ0) is 23.7. The summed E-state index contributed by atoms with van der Waals surface area (Å²) >= 11 is 0. The quantitative estimate of drug-likeness (QED) is 0.552. The second kappa shape index (κ2) is 9.19. The van der Waals surface area contributed by atoms with Gasteiger partial charge in [-0.3, -0.25) is 4.79 Å². The average Bonchev–Trinajstić information content (AvgIpc) is 2.85. The van der Waals surface area contributed by atoms with Gasteiger partial charge in [0.05, 0.1) is 23.9 Å². The van der Waals surface area contributed by atoms with Crippen LogP contribution in [0.1, 0.15) is 11.1 Å². The zero-order valence-electron chi connectivity index (χ0n) is 18.5. The third-order valence-electron chi connectivity index (χ3n) is 6.07. The SMILES string of the molecule is O=C1COc2cc(-c3cc(N4CCOCC4)cc(S(=O)(=O)Cc4ccc(F)cc4)c3)ccc2C1. The monoisotopic (exact) mass is 481 g/mol. The van der Waals surface area contributed by atoms with Gasteiger partial charge in [-0.1, -0.05) is 24.3 Å². The molecule has 0 aromatic heterocycles. The molecule has 176 valence electrons. The molecule has 2 aliphatic heterocycles. The maximum atomic E-state index is 13.4. The van der Waals surface area contributed by atoms with E-state index in [1.807, 2.05) is 24.3 Å². The number of fused-ring (bicyclic) bond motifs is 1. The molecule has 0 atom stereocenters. The molecule has 2 aliphatic rings. The van der Waals surface area contributed by atoms with E-state index in [0.717, 1.165) is 22.4 Å². The molecule has 0 unspecified atom stereocenters. The molecule has 0 N–H and O–H groups in total. The number of hydrogen-bond acceptors (Lipinski definition) is 6. The Hall–Kier alpha value is -3.23. The minimum Gasteiger partial charge on any atom is -0.486 e. The lowest BCUT2D eigenvalue weighted by atomic mass is 9.99. The number of sulfone groups is 1. The Morgan fingerprint density at radius 2 is 1.68 bits per heavy atom. The first-order valence-corrected chi connectivity index (χ1v) is 12.8. The van der Waals surface area contributed by atoms with Crippen molar-refractivity contribution in [2.24, 2.45) is 0 Å². The molecule has 0 amide bonds. The lowest BCUT2D eigenvalue weighted by molar-refractivity contribution is -0.121. The van der Waals surface area contributed by atoms with Crippen LogP contribution in [0.3, 0.4) is 0 Å². The van der Waals surface area contributed by atoms with E-state index in [2.05, 4.69) is 4.90 Å². The van der Waals surface area contributed by atoms with Gasteiger partial charge in [-0.15, -0.1) is 0 Å². The van der Waals surface area contributed by atoms with Crippen molar-refractivity contribution >= 4 is 21.3 Å². The third kappa shape index (κ3) is 4.83. The second-order valence-electron chi connectivity index (χ2n) is 8.53. The minimum absolute atomic E-state index is 0.0312. The summed E-state index contributed by atoms with van der Waals surface area (Å²) in [5.74, 6) is 0.0386. The highest BCUT2D eigenvalue weighted by molar-refractivity contribution is 7.90. The molecule has 6 nitrogen and oxygen atoms in total. The molecule has 8 heteroatoms. The van der Waals surface area contributed by atoms with Crippen LogP contribution in [0.2, 0.25) is 0 Å². The van der Waals surface area contributed by atoms with Gasteiger partial charge in [0.1, 0.15) is 18.2 Å². The summed E-state index contributed by atoms with van der Waals surface area (Å²) in [5, 5.41) is 0. The molecule has 0 spiro atoms. The van der Waals surface area contributed by atoms with E-state index >= 15 is 0 Å². The summed E-state index contributed by atoms with van der Waals surface area (Å²) < 4.78 is 51.1. The number of Topliss-reactive ketones (excluding diaryl/α,β-unsaturated/α-hetero) is 1. The molecule has 0 bridgehead atoms. The number of nitrogens with zero attached hydrogens (tertiary/aromatic N) is 1. The van der Waals surface area contributed by atoms with Crippen LogP contribution in [-0.2, 0) is 31.5 Å². The molecule has 34 heavy (non-hydrogen) atoms. The fourth-order valence-corrected chi connectivity index (χ4v) is 5.66. The highest BCUT2D eigenvalue weighted by Crippen LogP contribution is 2.34. The van der Waals surface area contributed by atoms with E-state index in [4.69, 9.17) is 9.47 Å². The summed E-state index contributed by atoms with van der Waals surface area (Å²) in [4.78, 5) is 14.0. The van der Waals surface area contributed by atoms with E-state index in [9.17, 15) is 17.6 Å². The van der Waals surface area contributed by atoms with Gasteiger partial charge in [0.15, 0.2) is 15.6 Å². The number of carbonyl (C=O) groups excluding carboxylic acids is 1. The number of morpholine rings is 1. The zero-order valence-corrected chi connectivity index (χ0v) is 19.3. The number of benzene rings is 3. The first-order chi connectivity index (χ1) is 16.4. The van der Waals surface area contributed by atoms with Crippen LogP contribution in [0.15, 0.2) is 65.6 Å². The Bertz CT molecular complexity index is 1330. The Kier molecular flexibility index (Phi) is 6.10. The molecular formula is C26H24FNO5S. The van der Waals surface area contributed by atoms with Crippen molar-refractivity contribution in [1.29, 1.82) is 0 Å². The summed E-state index contributed by atoms with van der Waals surface area (Å²) in [7, 11) is -3.70. The van der Waals surface area contributed by atoms with Crippen LogP contribution in [0.5, 0.6) is 5.75 Å². The molecular weight excluding hydrogens is 457 g/mol. The number of anilines is 1. The minimum atomic E-state index is -3.70. The summed E-state index contributed by atoms with van der Waals surface area (Å²) in [6, 6.07) is 16.4. The normalized spacial score (nSPS) is 16.1. The van der Waals surface area contributed by atoms with Crippen molar-refractivity contribution < 1.29 is 27.1 Å². The largest absolute Gasteiger partial charge is 0.486 e. The fourth-order valence-electron chi connectivity index (χ4n) is 4.25. The van der Waals surface area contributed by atoms with E-state index in [1.54, 1.807) is 12.1 Å². The highest BCUT2D eigenvalue weighted by atomic mass is 32.2. The first kappa shape index (κ1) is 22.6. The Balaban J connectivity index is 1.56. The number of carbonyl (C=O) groups is 1. The van der Waals surface area contributed by atoms with E-state index in [-0.39, 0.29) is 23.0 Å². The highest BCUT2D eigenvalue weighted by Gasteiger charge is 2.22. The van der Waals surface area contributed by atoms with Gasteiger partial charge >= 0.3 is 0 Å². The van der Waals surface area contributed by atoms with Crippen molar-refractivity contribution in [2.45, 2.75) is 17.1 Å². The predicted molar refractivity (Wildman–Crippen MR) is 126 cm³/mol. The maximum Gasteiger partial charge on any atom is 0.182 e. The third-order valence-corrected chi connectivity index (χ3v) is 7.74. The number of ether oxygens (including phenoxy) is 2.